The smallest absolute Gasteiger partial charge is 0.0109 e. The summed E-state index contributed by atoms with van der Waals surface area (Å²) < 4.78 is 0. The second kappa shape index (κ2) is 14.3. The molecule has 0 spiro atoms. The van der Waals surface area contributed by atoms with Crippen LogP contribution in [0.1, 0.15) is 95.6 Å². The van der Waals surface area contributed by atoms with E-state index < -0.39 is 0 Å². The molecule has 0 atom stereocenters. The van der Waals surface area contributed by atoms with E-state index in [1.807, 2.05) is 6.08 Å². The SMILES string of the molecule is CCCCCC[C@H]1CC[C@H](/C=C/C#C/C=C/c2ccc(CCCC)cc2)CC1. The van der Waals surface area contributed by atoms with Crippen LogP contribution in [0.3, 0.4) is 0 Å². The Hall–Kier alpha value is -1.74. The second-order valence-electron chi connectivity index (χ2n) is 8.46. The molecule has 0 nitrogen and oxygen atoms in total. The summed E-state index contributed by atoms with van der Waals surface area (Å²) in [6.07, 6.45) is 24.9. The molecule has 1 aliphatic carbocycles. The van der Waals surface area contributed by atoms with E-state index in [1.165, 1.54) is 88.2 Å². The highest BCUT2D eigenvalue weighted by atomic mass is 14.2. The van der Waals surface area contributed by atoms with Gasteiger partial charge in [0.2, 0.25) is 0 Å². The monoisotopic (exact) mass is 376 g/mol. The van der Waals surface area contributed by atoms with Crippen molar-refractivity contribution in [3.63, 3.8) is 0 Å². The van der Waals surface area contributed by atoms with Crippen molar-refractivity contribution in [2.24, 2.45) is 11.8 Å². The average Bonchev–Trinajstić information content (AvgIpc) is 2.74. The summed E-state index contributed by atoms with van der Waals surface area (Å²) in [7, 11) is 0. The summed E-state index contributed by atoms with van der Waals surface area (Å²) in [6, 6.07) is 8.87. The Morgan fingerprint density at radius 2 is 1.54 bits per heavy atom. The summed E-state index contributed by atoms with van der Waals surface area (Å²) in [5.74, 6) is 8.08. The highest BCUT2D eigenvalue weighted by molar-refractivity contribution is 5.53. The van der Waals surface area contributed by atoms with Crippen LogP contribution >= 0.6 is 0 Å². The first-order valence-electron chi connectivity index (χ1n) is 11.7. The molecule has 0 N–H and O–H groups in total. The van der Waals surface area contributed by atoms with Gasteiger partial charge < -0.3 is 0 Å². The van der Waals surface area contributed by atoms with Crippen LogP contribution in [-0.4, -0.2) is 0 Å². The molecule has 0 amide bonds. The third-order valence-corrected chi connectivity index (χ3v) is 6.05. The third-order valence-electron chi connectivity index (χ3n) is 6.05. The minimum absolute atomic E-state index is 0.751. The van der Waals surface area contributed by atoms with E-state index in [0.717, 1.165) is 11.8 Å². The van der Waals surface area contributed by atoms with Gasteiger partial charge in [-0.1, -0.05) is 94.6 Å². The molecule has 1 aliphatic rings. The number of hydrogen-bond acceptors (Lipinski definition) is 0. The molecule has 152 valence electrons. The zero-order chi connectivity index (χ0) is 19.9. The van der Waals surface area contributed by atoms with Gasteiger partial charge in [-0.2, -0.15) is 0 Å². The van der Waals surface area contributed by atoms with Gasteiger partial charge in [0.05, 0.1) is 0 Å². The van der Waals surface area contributed by atoms with Crippen molar-refractivity contribution in [3.05, 3.63) is 53.6 Å². The molecule has 1 aromatic carbocycles. The average molecular weight is 377 g/mol. The summed E-state index contributed by atoms with van der Waals surface area (Å²) in [5, 5.41) is 0. The first-order valence-corrected chi connectivity index (χ1v) is 11.7. The van der Waals surface area contributed by atoms with Gasteiger partial charge in [0.15, 0.2) is 0 Å². The Morgan fingerprint density at radius 1 is 0.821 bits per heavy atom. The predicted octanol–water partition coefficient (Wildman–Crippen LogP) is 8.38. The van der Waals surface area contributed by atoms with Crippen molar-refractivity contribution in [2.45, 2.75) is 90.9 Å². The summed E-state index contributed by atoms with van der Waals surface area (Å²) in [5.41, 5.74) is 2.67. The molecule has 2 rings (SSSR count). The van der Waals surface area contributed by atoms with Crippen molar-refractivity contribution >= 4 is 6.08 Å². The van der Waals surface area contributed by atoms with Gasteiger partial charge in [0.25, 0.3) is 0 Å². The number of allylic oxidation sites excluding steroid dienone is 3. The van der Waals surface area contributed by atoms with Gasteiger partial charge in [0, 0.05) is 0 Å². The van der Waals surface area contributed by atoms with Crippen LogP contribution in [0.15, 0.2) is 42.5 Å². The second-order valence-corrected chi connectivity index (χ2v) is 8.46. The molecule has 1 fully saturated rings. The Morgan fingerprint density at radius 3 is 2.25 bits per heavy atom. The largest absolute Gasteiger partial charge is 0.0730 e. The molecule has 0 aromatic heterocycles. The van der Waals surface area contributed by atoms with E-state index >= 15 is 0 Å². The molecule has 0 unspecified atom stereocenters. The van der Waals surface area contributed by atoms with Crippen molar-refractivity contribution in [1.82, 2.24) is 0 Å². The Balaban J connectivity index is 1.64. The zero-order valence-electron chi connectivity index (χ0n) is 18.3. The van der Waals surface area contributed by atoms with Crippen LogP contribution in [0.5, 0.6) is 0 Å². The minimum Gasteiger partial charge on any atom is -0.0730 e. The van der Waals surface area contributed by atoms with Crippen LogP contribution in [0.4, 0.5) is 0 Å². The Labute approximate surface area is 174 Å². The minimum atomic E-state index is 0.751. The van der Waals surface area contributed by atoms with Gasteiger partial charge >= 0.3 is 0 Å². The molecule has 0 aliphatic heterocycles. The van der Waals surface area contributed by atoms with Crippen molar-refractivity contribution in [1.29, 1.82) is 0 Å². The van der Waals surface area contributed by atoms with E-state index in [9.17, 15) is 0 Å². The Kier molecular flexibility index (Phi) is 11.5. The van der Waals surface area contributed by atoms with Gasteiger partial charge in [0.1, 0.15) is 0 Å². The van der Waals surface area contributed by atoms with Crippen LogP contribution in [0.2, 0.25) is 0 Å². The lowest BCUT2D eigenvalue weighted by Crippen LogP contribution is -2.12. The van der Waals surface area contributed by atoms with Crippen LogP contribution in [0.25, 0.3) is 6.08 Å². The first kappa shape index (κ1) is 22.5. The predicted molar refractivity (Wildman–Crippen MR) is 125 cm³/mol. The van der Waals surface area contributed by atoms with Gasteiger partial charge in [-0.3, -0.25) is 0 Å². The maximum atomic E-state index is 3.18. The topological polar surface area (TPSA) is 0 Å². The van der Waals surface area contributed by atoms with Gasteiger partial charge in [-0.05, 0) is 79.7 Å². The van der Waals surface area contributed by atoms with Crippen LogP contribution < -0.4 is 0 Å². The fourth-order valence-electron chi connectivity index (χ4n) is 4.12. The molecule has 0 bridgehead atoms. The van der Waals surface area contributed by atoms with E-state index in [-0.39, 0.29) is 0 Å². The first-order chi connectivity index (χ1) is 13.8. The van der Waals surface area contributed by atoms with E-state index in [0.29, 0.717) is 0 Å². The summed E-state index contributed by atoms with van der Waals surface area (Å²) in [6.45, 7) is 4.53. The lowest BCUT2D eigenvalue weighted by molar-refractivity contribution is 0.289. The fourth-order valence-corrected chi connectivity index (χ4v) is 4.12. The quantitative estimate of drug-likeness (QED) is 0.284. The number of unbranched alkanes of at least 4 members (excludes halogenated alkanes) is 4. The number of benzene rings is 1. The maximum absolute atomic E-state index is 3.18. The highest BCUT2D eigenvalue weighted by Crippen LogP contribution is 2.32. The molecule has 0 radical (unpaired) electrons. The standard InChI is InChI=1S/C28H40/c1-3-5-7-10-14-26-21-23-28(24-22-26)16-12-9-8-11-15-27-19-17-25(18-20-27)13-6-4-2/h11-12,15-20,26,28H,3-7,10,13-14,21-24H2,1-2H3/b15-11+,16-12+/t26-,28-. The summed E-state index contributed by atoms with van der Waals surface area (Å²) >= 11 is 0. The molecule has 0 heteroatoms. The zero-order valence-corrected chi connectivity index (χ0v) is 18.3. The van der Waals surface area contributed by atoms with E-state index in [4.69, 9.17) is 0 Å². The van der Waals surface area contributed by atoms with Crippen molar-refractivity contribution in [3.8, 4) is 11.8 Å². The molecular weight excluding hydrogens is 336 g/mol. The van der Waals surface area contributed by atoms with Crippen LogP contribution in [0, 0.1) is 23.7 Å². The van der Waals surface area contributed by atoms with Crippen molar-refractivity contribution < 1.29 is 0 Å². The molecule has 0 saturated heterocycles. The van der Waals surface area contributed by atoms with Gasteiger partial charge in [-0.25, -0.2) is 0 Å². The van der Waals surface area contributed by atoms with Crippen LogP contribution in [-0.2, 0) is 6.42 Å². The number of hydrogen-bond donors (Lipinski definition) is 0. The van der Waals surface area contributed by atoms with E-state index in [2.05, 4.69) is 68.2 Å². The van der Waals surface area contributed by atoms with E-state index in [1.54, 1.807) is 0 Å². The molecule has 28 heavy (non-hydrogen) atoms. The number of rotatable bonds is 10. The normalized spacial score (nSPS) is 19.8. The molecule has 1 saturated carbocycles. The molecular formula is C28H40. The van der Waals surface area contributed by atoms with Crippen molar-refractivity contribution in [2.75, 3.05) is 0 Å². The lowest BCUT2D eigenvalue weighted by atomic mass is 9.79. The number of aryl methyl sites for hydroxylation is 1. The highest BCUT2D eigenvalue weighted by Gasteiger charge is 2.18. The molecule has 1 aromatic rings. The fraction of sp³-hybridized carbons (Fsp3) is 0.571. The lowest BCUT2D eigenvalue weighted by Gasteiger charge is -2.26. The summed E-state index contributed by atoms with van der Waals surface area (Å²) in [4.78, 5) is 0. The molecule has 0 heterocycles. The Bertz CT molecular complexity index is 627. The maximum Gasteiger partial charge on any atom is -0.0109 e. The van der Waals surface area contributed by atoms with Gasteiger partial charge in [-0.15, -0.1) is 0 Å². The third kappa shape index (κ3) is 9.45.